The van der Waals surface area contributed by atoms with Gasteiger partial charge in [0.05, 0.1) is 21.9 Å². The van der Waals surface area contributed by atoms with Crippen molar-refractivity contribution in [2.24, 2.45) is 0 Å². The molecule has 7 nitrogen and oxygen atoms in total. The van der Waals surface area contributed by atoms with Crippen LogP contribution >= 0.6 is 11.3 Å². The van der Waals surface area contributed by atoms with Gasteiger partial charge in [-0.25, -0.2) is 9.97 Å². The maximum Gasteiger partial charge on any atom is 0.259 e. The number of aryl methyl sites for hydroxylation is 3. The zero-order valence-electron chi connectivity index (χ0n) is 20.3. The Morgan fingerprint density at radius 1 is 0.971 bits per heavy atom. The van der Waals surface area contributed by atoms with Crippen LogP contribution in [0.3, 0.4) is 0 Å². The Kier molecular flexibility index (Phi) is 5.78. The molecule has 8 heteroatoms. The van der Waals surface area contributed by atoms with Gasteiger partial charge in [-0.15, -0.1) is 11.3 Å². The molecule has 0 atom stereocenters. The highest BCUT2D eigenvalue weighted by atomic mass is 32.1. The van der Waals surface area contributed by atoms with Crippen molar-refractivity contribution < 1.29 is 0 Å². The summed E-state index contributed by atoms with van der Waals surface area (Å²) < 4.78 is 2.25. The van der Waals surface area contributed by atoms with Gasteiger partial charge < -0.3 is 14.3 Å². The Balaban J connectivity index is 1.05. The predicted molar refractivity (Wildman–Crippen MR) is 144 cm³/mol. The number of fused-ring (bicyclic) bond motifs is 4. The summed E-state index contributed by atoms with van der Waals surface area (Å²) in [4.78, 5) is 32.2. The summed E-state index contributed by atoms with van der Waals surface area (Å²) in [5.41, 5.74) is 4.41. The largest absolute Gasteiger partial charge is 0.352 e. The lowest BCUT2D eigenvalue weighted by Gasteiger charge is -2.35. The zero-order chi connectivity index (χ0) is 23.9. The number of hydrogen-bond donors (Lipinski definition) is 1. The number of H-pyrrole nitrogens is 1. The van der Waals surface area contributed by atoms with Crippen molar-refractivity contribution in [3.05, 3.63) is 69.2 Å². The van der Waals surface area contributed by atoms with Crippen molar-refractivity contribution in [1.29, 1.82) is 0 Å². The molecule has 0 aliphatic carbocycles. The van der Waals surface area contributed by atoms with E-state index in [-0.39, 0.29) is 5.56 Å². The topological polar surface area (TPSA) is 69.5 Å². The highest BCUT2D eigenvalue weighted by Crippen LogP contribution is 2.27. The van der Waals surface area contributed by atoms with Crippen molar-refractivity contribution in [3.63, 3.8) is 0 Å². The van der Waals surface area contributed by atoms with E-state index in [1.807, 2.05) is 6.92 Å². The lowest BCUT2D eigenvalue weighted by Crippen LogP contribution is -2.47. The highest BCUT2D eigenvalue weighted by molar-refractivity contribution is 7.18. The third kappa shape index (κ3) is 4.10. The SMILES string of the molecule is Cc1sc2nc(CCCCN3CCN(c4nc5ccccc5n5cccc45)CC3)[nH]c(=O)c2c1C. The van der Waals surface area contributed by atoms with Crippen LogP contribution in [-0.4, -0.2) is 57.0 Å². The maximum absolute atomic E-state index is 12.5. The Morgan fingerprint density at radius 3 is 2.63 bits per heavy atom. The van der Waals surface area contributed by atoms with Crippen LogP contribution in [0.4, 0.5) is 5.82 Å². The molecule has 1 aliphatic heterocycles. The third-order valence-electron chi connectivity index (χ3n) is 7.24. The molecule has 1 saturated heterocycles. The first-order valence-corrected chi connectivity index (χ1v) is 13.2. The Hall–Kier alpha value is -3.23. The molecule has 0 saturated carbocycles. The van der Waals surface area contributed by atoms with Gasteiger partial charge in [0.2, 0.25) is 0 Å². The molecule has 0 spiro atoms. The molecule has 1 aromatic carbocycles. The minimum atomic E-state index is 0.00219. The van der Waals surface area contributed by atoms with E-state index < -0.39 is 0 Å². The number of anilines is 1. The number of nitrogens with zero attached hydrogens (tertiary/aromatic N) is 5. The molecule has 0 amide bonds. The molecule has 0 radical (unpaired) electrons. The number of aromatic amines is 1. The molecular weight excluding hydrogens is 456 g/mol. The fourth-order valence-electron chi connectivity index (χ4n) is 5.17. The van der Waals surface area contributed by atoms with Gasteiger partial charge in [0.25, 0.3) is 5.56 Å². The van der Waals surface area contributed by atoms with Crippen molar-refractivity contribution in [2.75, 3.05) is 37.6 Å². The number of rotatable bonds is 6. The summed E-state index contributed by atoms with van der Waals surface area (Å²) in [5, 5.41) is 0.757. The molecule has 0 unspecified atom stereocenters. The third-order valence-corrected chi connectivity index (χ3v) is 8.34. The molecule has 0 bridgehead atoms. The van der Waals surface area contributed by atoms with Crippen molar-refractivity contribution >= 4 is 43.9 Å². The average molecular weight is 487 g/mol. The number of nitrogens with one attached hydrogen (secondary N) is 1. The molecule has 1 N–H and O–H groups in total. The normalized spacial score (nSPS) is 15.1. The van der Waals surface area contributed by atoms with Gasteiger partial charge in [-0.1, -0.05) is 12.1 Å². The Bertz CT molecular complexity index is 1570. The van der Waals surface area contributed by atoms with Gasteiger partial charge in [0.1, 0.15) is 10.7 Å². The van der Waals surface area contributed by atoms with E-state index in [4.69, 9.17) is 9.97 Å². The summed E-state index contributed by atoms with van der Waals surface area (Å²) in [6, 6.07) is 12.6. The number of benzene rings is 1. The molecule has 5 heterocycles. The predicted octanol–water partition coefficient (Wildman–Crippen LogP) is 4.55. The van der Waals surface area contributed by atoms with Gasteiger partial charge in [-0.05, 0) is 63.1 Å². The zero-order valence-corrected chi connectivity index (χ0v) is 21.1. The van der Waals surface area contributed by atoms with Crippen LogP contribution in [0.25, 0.3) is 26.8 Å². The van der Waals surface area contributed by atoms with Crippen LogP contribution in [0.1, 0.15) is 29.1 Å². The van der Waals surface area contributed by atoms with Gasteiger partial charge in [-0.3, -0.25) is 9.69 Å². The fraction of sp³-hybridized carbons (Fsp3) is 0.370. The van der Waals surface area contributed by atoms with E-state index in [0.29, 0.717) is 0 Å². The van der Waals surface area contributed by atoms with E-state index in [9.17, 15) is 4.79 Å². The van der Waals surface area contributed by atoms with Crippen LogP contribution in [0.5, 0.6) is 0 Å². The summed E-state index contributed by atoms with van der Waals surface area (Å²) in [5.74, 6) is 1.89. The van der Waals surface area contributed by atoms with Crippen LogP contribution < -0.4 is 10.5 Å². The van der Waals surface area contributed by atoms with Crippen molar-refractivity contribution in [3.8, 4) is 0 Å². The number of para-hydroxylation sites is 2. The summed E-state index contributed by atoms with van der Waals surface area (Å²) in [7, 11) is 0. The maximum atomic E-state index is 12.5. The average Bonchev–Trinajstić information content (AvgIpc) is 3.47. The lowest BCUT2D eigenvalue weighted by molar-refractivity contribution is 0.252. The molecule has 6 rings (SSSR count). The lowest BCUT2D eigenvalue weighted by atomic mass is 10.2. The standard InChI is InChI=1S/C27H30N6OS/c1-18-19(2)35-27-24(18)26(34)29-23(30-27)11-5-6-12-31-14-16-32(17-15-31)25-22-10-7-13-33(22)21-9-4-3-8-20(21)28-25/h3-4,7-10,13H,5-6,11-12,14-17H2,1-2H3,(H,29,30,34). The first kappa shape index (κ1) is 22.2. The van der Waals surface area contributed by atoms with Gasteiger partial charge in [0.15, 0.2) is 5.82 Å². The molecular formula is C27H30N6OS. The van der Waals surface area contributed by atoms with Crippen LogP contribution in [0.2, 0.25) is 0 Å². The number of aromatic nitrogens is 4. The van der Waals surface area contributed by atoms with Gasteiger partial charge in [0, 0.05) is 43.7 Å². The van der Waals surface area contributed by atoms with Crippen LogP contribution in [0, 0.1) is 13.8 Å². The number of piperazine rings is 1. The second kappa shape index (κ2) is 9.09. The van der Waals surface area contributed by atoms with E-state index in [2.05, 4.69) is 68.7 Å². The second-order valence-corrected chi connectivity index (χ2v) is 10.7. The van der Waals surface area contributed by atoms with E-state index in [1.165, 1.54) is 10.4 Å². The monoisotopic (exact) mass is 486 g/mol. The van der Waals surface area contributed by atoms with Gasteiger partial charge >= 0.3 is 0 Å². The number of hydrogen-bond acceptors (Lipinski definition) is 6. The Morgan fingerprint density at radius 2 is 1.77 bits per heavy atom. The van der Waals surface area contributed by atoms with Crippen LogP contribution in [0.15, 0.2) is 47.4 Å². The minimum absolute atomic E-state index is 0.00219. The molecule has 35 heavy (non-hydrogen) atoms. The fourth-order valence-corrected chi connectivity index (χ4v) is 6.22. The first-order chi connectivity index (χ1) is 17.1. The summed E-state index contributed by atoms with van der Waals surface area (Å²) in [6.07, 6.45) is 5.06. The smallest absolute Gasteiger partial charge is 0.259 e. The molecule has 5 aromatic rings. The second-order valence-electron chi connectivity index (χ2n) is 9.45. The first-order valence-electron chi connectivity index (χ1n) is 12.4. The quantitative estimate of drug-likeness (QED) is 0.357. The van der Waals surface area contributed by atoms with E-state index >= 15 is 0 Å². The summed E-state index contributed by atoms with van der Waals surface area (Å²) in [6.45, 7) is 9.17. The van der Waals surface area contributed by atoms with Crippen LogP contribution in [-0.2, 0) is 6.42 Å². The molecule has 180 valence electrons. The number of thiophene rings is 1. The number of unbranched alkanes of at least 4 members (excludes halogenated alkanes) is 1. The summed E-state index contributed by atoms with van der Waals surface area (Å²) >= 11 is 1.62. The minimum Gasteiger partial charge on any atom is -0.352 e. The van der Waals surface area contributed by atoms with Gasteiger partial charge in [-0.2, -0.15) is 0 Å². The van der Waals surface area contributed by atoms with Crippen molar-refractivity contribution in [1.82, 2.24) is 24.3 Å². The molecule has 1 fully saturated rings. The Labute approximate surface area is 208 Å². The van der Waals surface area contributed by atoms with Crippen molar-refractivity contribution in [2.45, 2.75) is 33.1 Å². The van der Waals surface area contributed by atoms with E-state index in [1.54, 1.807) is 11.3 Å². The van der Waals surface area contributed by atoms with E-state index in [0.717, 1.165) is 90.4 Å². The molecule has 1 aliphatic rings. The molecule has 4 aromatic heterocycles. The highest BCUT2D eigenvalue weighted by Gasteiger charge is 2.21.